The van der Waals surface area contributed by atoms with E-state index in [0.29, 0.717) is 18.1 Å². The second-order valence-electron chi connectivity index (χ2n) is 3.70. The van der Waals surface area contributed by atoms with Gasteiger partial charge in [0.1, 0.15) is 0 Å². The second kappa shape index (κ2) is 5.71. The minimum atomic E-state index is -0.401. The Hall–Kier alpha value is -1.77. The van der Waals surface area contributed by atoms with Crippen LogP contribution in [0.5, 0.6) is 0 Å². The summed E-state index contributed by atoms with van der Waals surface area (Å²) in [5.74, 6) is 3.38. The number of terminal acetylenes is 1. The number of thioether (sulfide) groups is 1. The summed E-state index contributed by atoms with van der Waals surface area (Å²) in [6.07, 6.45) is 7.60. The molecule has 2 N–H and O–H groups in total. The lowest BCUT2D eigenvalue weighted by atomic mass is 10.2. The monoisotopic (exact) mass is 259 g/mol. The second-order valence-corrected chi connectivity index (χ2v) is 4.58. The van der Waals surface area contributed by atoms with E-state index in [0.717, 1.165) is 5.56 Å². The third-order valence-electron chi connectivity index (χ3n) is 2.44. The zero-order valence-electron chi connectivity index (χ0n) is 9.96. The van der Waals surface area contributed by atoms with E-state index in [1.165, 1.54) is 4.90 Å². The fourth-order valence-electron chi connectivity index (χ4n) is 1.46. The molecule has 1 unspecified atom stereocenters. The lowest BCUT2D eigenvalue weighted by molar-refractivity contribution is 0.357. The van der Waals surface area contributed by atoms with Gasteiger partial charge >= 0.3 is 0 Å². The summed E-state index contributed by atoms with van der Waals surface area (Å²) in [5, 5.41) is 3.90. The molecule has 5 heteroatoms. The average Bonchev–Trinajstić information content (AvgIpc) is 2.89. The van der Waals surface area contributed by atoms with Gasteiger partial charge in [-0.15, -0.1) is 24.1 Å². The van der Waals surface area contributed by atoms with E-state index in [-0.39, 0.29) is 0 Å². The van der Waals surface area contributed by atoms with Gasteiger partial charge < -0.3 is 10.3 Å². The van der Waals surface area contributed by atoms with Gasteiger partial charge in [0.05, 0.1) is 6.04 Å². The van der Waals surface area contributed by atoms with Crippen LogP contribution in [0.4, 0.5) is 0 Å². The molecule has 18 heavy (non-hydrogen) atoms. The van der Waals surface area contributed by atoms with Crippen LogP contribution in [0.25, 0.3) is 11.4 Å². The van der Waals surface area contributed by atoms with Gasteiger partial charge in [-0.05, 0) is 30.5 Å². The Morgan fingerprint density at radius 1 is 1.44 bits per heavy atom. The first-order valence-corrected chi connectivity index (χ1v) is 6.64. The van der Waals surface area contributed by atoms with Gasteiger partial charge in [-0.25, -0.2) is 0 Å². The predicted molar refractivity (Wildman–Crippen MR) is 71.9 cm³/mol. The zero-order valence-corrected chi connectivity index (χ0v) is 10.8. The summed E-state index contributed by atoms with van der Waals surface area (Å²) in [6, 6.07) is 7.52. The highest BCUT2D eigenvalue weighted by molar-refractivity contribution is 7.98. The van der Waals surface area contributed by atoms with Crippen molar-refractivity contribution < 1.29 is 4.52 Å². The van der Waals surface area contributed by atoms with Gasteiger partial charge in [0.15, 0.2) is 0 Å². The highest BCUT2D eigenvalue weighted by atomic mass is 32.2. The Labute approximate surface area is 110 Å². The topological polar surface area (TPSA) is 64.9 Å². The van der Waals surface area contributed by atoms with E-state index in [1.54, 1.807) is 11.8 Å². The van der Waals surface area contributed by atoms with Gasteiger partial charge in [0, 0.05) is 16.9 Å². The Balaban J connectivity index is 2.21. The van der Waals surface area contributed by atoms with Gasteiger partial charge in [-0.3, -0.25) is 0 Å². The van der Waals surface area contributed by atoms with E-state index < -0.39 is 6.04 Å². The van der Waals surface area contributed by atoms with Gasteiger partial charge in [-0.2, -0.15) is 4.98 Å². The minimum Gasteiger partial charge on any atom is -0.337 e. The van der Waals surface area contributed by atoms with Crippen molar-refractivity contribution in [2.24, 2.45) is 5.73 Å². The first-order valence-electron chi connectivity index (χ1n) is 5.41. The maximum atomic E-state index is 5.80. The van der Waals surface area contributed by atoms with E-state index in [2.05, 4.69) is 16.1 Å². The molecule has 1 aromatic heterocycles. The number of benzene rings is 1. The predicted octanol–water partition coefficient (Wildman–Crippen LogP) is 2.48. The molecule has 0 saturated carbocycles. The lowest BCUT2D eigenvalue weighted by Crippen LogP contribution is -2.09. The van der Waals surface area contributed by atoms with E-state index >= 15 is 0 Å². The number of hydrogen-bond donors (Lipinski definition) is 1. The van der Waals surface area contributed by atoms with Crippen LogP contribution < -0.4 is 5.73 Å². The fraction of sp³-hybridized carbons (Fsp3) is 0.231. The maximum absolute atomic E-state index is 5.80. The molecule has 0 bridgehead atoms. The molecule has 1 aromatic carbocycles. The normalized spacial score (nSPS) is 12.1. The summed E-state index contributed by atoms with van der Waals surface area (Å²) in [4.78, 5) is 5.44. The molecule has 2 rings (SSSR count). The molecule has 0 radical (unpaired) electrons. The number of nitrogens with two attached hydrogens (primary N) is 1. The molecular formula is C13H13N3OS. The number of nitrogens with zero attached hydrogens (tertiary/aromatic N) is 2. The zero-order chi connectivity index (χ0) is 13.0. The largest absolute Gasteiger partial charge is 0.337 e. The van der Waals surface area contributed by atoms with Crippen molar-refractivity contribution >= 4 is 11.8 Å². The van der Waals surface area contributed by atoms with Crippen molar-refractivity contribution in [3.05, 3.63) is 30.2 Å². The molecule has 92 valence electrons. The number of aromatic nitrogens is 2. The van der Waals surface area contributed by atoms with Crippen LogP contribution in [0.3, 0.4) is 0 Å². The van der Waals surface area contributed by atoms with Crippen molar-refractivity contribution in [2.45, 2.75) is 17.4 Å². The third kappa shape index (κ3) is 2.73. The number of hydrogen-bond acceptors (Lipinski definition) is 5. The molecule has 1 atom stereocenters. The van der Waals surface area contributed by atoms with Gasteiger partial charge in [0.25, 0.3) is 0 Å². The van der Waals surface area contributed by atoms with Crippen molar-refractivity contribution in [1.82, 2.24) is 10.1 Å². The first-order chi connectivity index (χ1) is 8.74. The van der Waals surface area contributed by atoms with Crippen LogP contribution in [0.2, 0.25) is 0 Å². The minimum absolute atomic E-state index is 0.372. The maximum Gasteiger partial charge on any atom is 0.244 e. The Kier molecular flexibility index (Phi) is 4.03. The lowest BCUT2D eigenvalue weighted by Gasteiger charge is -1.99. The molecule has 0 amide bonds. The molecule has 0 aliphatic heterocycles. The average molecular weight is 259 g/mol. The fourth-order valence-corrected chi connectivity index (χ4v) is 1.87. The van der Waals surface area contributed by atoms with E-state index in [1.807, 2.05) is 30.5 Å². The first kappa shape index (κ1) is 12.7. The van der Waals surface area contributed by atoms with Gasteiger partial charge in [0.2, 0.25) is 11.7 Å². The van der Waals surface area contributed by atoms with Crippen LogP contribution in [0.1, 0.15) is 18.4 Å². The third-order valence-corrected chi connectivity index (χ3v) is 3.19. The standard InChI is InChI=1S/C13H13N3OS/c1-3-4-11(14)13-15-12(16-17-13)9-5-7-10(18-2)8-6-9/h1,5-8,11H,4,14H2,2H3. The van der Waals surface area contributed by atoms with Crippen LogP contribution in [0, 0.1) is 12.3 Å². The summed E-state index contributed by atoms with van der Waals surface area (Å²) in [7, 11) is 0. The van der Waals surface area contributed by atoms with E-state index in [4.69, 9.17) is 16.7 Å². The van der Waals surface area contributed by atoms with Gasteiger partial charge in [-0.1, -0.05) is 5.16 Å². The van der Waals surface area contributed by atoms with Crippen LogP contribution >= 0.6 is 11.8 Å². The molecule has 0 saturated heterocycles. The quantitative estimate of drug-likeness (QED) is 0.675. The van der Waals surface area contributed by atoms with Crippen molar-refractivity contribution in [1.29, 1.82) is 0 Å². The van der Waals surface area contributed by atoms with Crippen LogP contribution in [0.15, 0.2) is 33.7 Å². The summed E-state index contributed by atoms with van der Waals surface area (Å²) in [5.41, 5.74) is 6.70. The highest BCUT2D eigenvalue weighted by Gasteiger charge is 2.14. The Bertz CT molecular complexity index is 556. The van der Waals surface area contributed by atoms with Crippen molar-refractivity contribution in [3.8, 4) is 23.7 Å². The molecule has 2 aromatic rings. The molecule has 0 aliphatic rings. The van der Waals surface area contributed by atoms with E-state index in [9.17, 15) is 0 Å². The molecule has 0 fully saturated rings. The van der Waals surface area contributed by atoms with Crippen molar-refractivity contribution in [2.75, 3.05) is 6.26 Å². The Morgan fingerprint density at radius 2 is 2.17 bits per heavy atom. The SMILES string of the molecule is C#CCC(N)c1nc(-c2ccc(SC)cc2)no1. The number of rotatable bonds is 4. The molecule has 4 nitrogen and oxygen atoms in total. The Morgan fingerprint density at radius 3 is 2.78 bits per heavy atom. The summed E-state index contributed by atoms with van der Waals surface area (Å²) in [6.45, 7) is 0. The summed E-state index contributed by atoms with van der Waals surface area (Å²) < 4.78 is 5.10. The molecule has 0 spiro atoms. The molecule has 0 aliphatic carbocycles. The van der Waals surface area contributed by atoms with Crippen LogP contribution in [-0.4, -0.2) is 16.4 Å². The van der Waals surface area contributed by atoms with Crippen molar-refractivity contribution in [3.63, 3.8) is 0 Å². The summed E-state index contributed by atoms with van der Waals surface area (Å²) >= 11 is 1.68. The highest BCUT2D eigenvalue weighted by Crippen LogP contribution is 2.22. The van der Waals surface area contributed by atoms with Crippen LogP contribution in [-0.2, 0) is 0 Å². The smallest absolute Gasteiger partial charge is 0.244 e. The molecule has 1 heterocycles. The molecular weight excluding hydrogens is 246 g/mol.